The van der Waals surface area contributed by atoms with E-state index in [0.29, 0.717) is 0 Å². The first kappa shape index (κ1) is 16.2. The minimum absolute atomic E-state index is 0.0985. The molecule has 8 nitrogen and oxygen atoms in total. The molecule has 3 amide bonds. The monoisotopic (exact) mass is 261 g/mol. The number of carbonyl (C=O) groups is 3. The molecule has 0 saturated carbocycles. The molecule has 0 aliphatic rings. The van der Waals surface area contributed by atoms with Crippen LogP contribution in [0.1, 0.15) is 13.3 Å². The van der Waals surface area contributed by atoms with E-state index in [1.807, 2.05) is 0 Å². The van der Waals surface area contributed by atoms with E-state index in [-0.39, 0.29) is 18.9 Å². The zero-order chi connectivity index (χ0) is 14.3. The summed E-state index contributed by atoms with van der Waals surface area (Å²) in [5.74, 6) is -1.55. The van der Waals surface area contributed by atoms with Crippen molar-refractivity contribution in [3.63, 3.8) is 0 Å². The quantitative estimate of drug-likeness (QED) is 0.469. The lowest BCUT2D eigenvalue weighted by atomic mass is 10.2. The molecule has 0 bridgehead atoms. The van der Waals surface area contributed by atoms with Crippen LogP contribution in [-0.2, 0) is 9.59 Å². The summed E-state index contributed by atoms with van der Waals surface area (Å²) in [6.45, 7) is 1.13. The molecule has 0 saturated heterocycles. The number of hydrogen-bond donors (Lipinski definition) is 4. The number of nitrogens with one attached hydrogen (secondary N) is 2. The highest BCUT2D eigenvalue weighted by atomic mass is 16.4. The second-order valence-electron chi connectivity index (χ2n) is 3.98. The van der Waals surface area contributed by atoms with Crippen LogP contribution in [-0.4, -0.2) is 65.8 Å². The molecular weight excluding hydrogens is 242 g/mol. The average molecular weight is 261 g/mol. The first-order valence-electron chi connectivity index (χ1n) is 5.41. The van der Waals surface area contributed by atoms with Crippen molar-refractivity contribution >= 4 is 17.9 Å². The van der Waals surface area contributed by atoms with Crippen LogP contribution < -0.4 is 10.6 Å². The predicted octanol–water partition coefficient (Wildman–Crippen LogP) is -1.40. The second-order valence-corrected chi connectivity index (χ2v) is 3.98. The Balaban J connectivity index is 4.32. The first-order chi connectivity index (χ1) is 8.29. The van der Waals surface area contributed by atoms with Crippen molar-refractivity contribution in [3.05, 3.63) is 0 Å². The van der Waals surface area contributed by atoms with Crippen molar-refractivity contribution in [1.29, 1.82) is 0 Å². The van der Waals surface area contributed by atoms with Crippen LogP contribution in [0.2, 0.25) is 0 Å². The van der Waals surface area contributed by atoms with E-state index in [9.17, 15) is 14.4 Å². The van der Waals surface area contributed by atoms with Gasteiger partial charge in [-0.2, -0.15) is 0 Å². The molecule has 0 radical (unpaired) electrons. The van der Waals surface area contributed by atoms with Crippen LogP contribution in [0.3, 0.4) is 0 Å². The van der Waals surface area contributed by atoms with Gasteiger partial charge >= 0.3 is 12.0 Å². The van der Waals surface area contributed by atoms with Crippen molar-refractivity contribution in [1.82, 2.24) is 15.5 Å². The van der Waals surface area contributed by atoms with Gasteiger partial charge in [0.1, 0.15) is 12.1 Å². The summed E-state index contributed by atoms with van der Waals surface area (Å²) in [5, 5.41) is 21.9. The molecule has 0 heterocycles. The van der Waals surface area contributed by atoms with E-state index >= 15 is 0 Å². The van der Waals surface area contributed by atoms with Crippen molar-refractivity contribution in [2.75, 3.05) is 20.7 Å². The fraction of sp³-hybridized carbons (Fsp3) is 0.700. The molecule has 2 atom stereocenters. The molecule has 0 aromatic heterocycles. The van der Waals surface area contributed by atoms with Crippen molar-refractivity contribution in [3.8, 4) is 0 Å². The summed E-state index contributed by atoms with van der Waals surface area (Å²) in [6.07, 6.45) is -0.0985. The summed E-state index contributed by atoms with van der Waals surface area (Å²) < 4.78 is 0. The fourth-order valence-electron chi connectivity index (χ4n) is 1.23. The van der Waals surface area contributed by atoms with Gasteiger partial charge in [-0.1, -0.05) is 0 Å². The van der Waals surface area contributed by atoms with Gasteiger partial charge in [-0.05, 0) is 6.92 Å². The van der Waals surface area contributed by atoms with Crippen LogP contribution in [0, 0.1) is 0 Å². The Morgan fingerprint density at radius 3 is 2.17 bits per heavy atom. The average Bonchev–Trinajstić information content (AvgIpc) is 2.26. The highest BCUT2D eigenvalue weighted by molar-refractivity contribution is 5.88. The zero-order valence-corrected chi connectivity index (χ0v) is 10.6. The standard InChI is InChI=1S/C10H19N3O5/c1-6(8(15)13(2)3)11-10(18)12-7(4-5-14)9(16)17/h6-7,14H,4-5H2,1-3H3,(H,16,17)(H2,11,12,18). The van der Waals surface area contributed by atoms with Crippen LogP contribution in [0.5, 0.6) is 0 Å². The van der Waals surface area contributed by atoms with Crippen molar-refractivity contribution in [2.45, 2.75) is 25.4 Å². The smallest absolute Gasteiger partial charge is 0.326 e. The molecule has 0 aromatic carbocycles. The summed E-state index contributed by atoms with van der Waals surface area (Å²) in [5.41, 5.74) is 0. The largest absolute Gasteiger partial charge is 0.480 e. The SMILES string of the molecule is CC(NC(=O)NC(CCO)C(=O)O)C(=O)N(C)C. The Labute approximate surface area is 105 Å². The Morgan fingerprint density at radius 1 is 1.22 bits per heavy atom. The summed E-state index contributed by atoms with van der Waals surface area (Å²) in [4.78, 5) is 34.9. The minimum atomic E-state index is -1.24. The topological polar surface area (TPSA) is 119 Å². The van der Waals surface area contributed by atoms with E-state index < -0.39 is 24.1 Å². The number of aliphatic hydroxyl groups is 1. The molecule has 2 unspecified atom stereocenters. The number of amides is 3. The number of likely N-dealkylation sites (N-methyl/N-ethyl adjacent to an activating group) is 1. The van der Waals surface area contributed by atoms with Gasteiger partial charge in [0.2, 0.25) is 5.91 Å². The number of carboxylic acid groups (broad SMARTS) is 1. The lowest BCUT2D eigenvalue weighted by Gasteiger charge is -2.20. The Hall–Kier alpha value is -1.83. The summed E-state index contributed by atoms with van der Waals surface area (Å²) in [7, 11) is 3.09. The zero-order valence-electron chi connectivity index (χ0n) is 10.6. The van der Waals surface area contributed by atoms with Crippen LogP contribution in [0.25, 0.3) is 0 Å². The third-order valence-corrected chi connectivity index (χ3v) is 2.18. The van der Waals surface area contributed by atoms with E-state index in [1.54, 1.807) is 14.1 Å². The number of aliphatic carboxylic acids is 1. The number of nitrogens with zero attached hydrogens (tertiary/aromatic N) is 1. The second kappa shape index (κ2) is 7.49. The molecule has 0 rings (SSSR count). The van der Waals surface area contributed by atoms with Gasteiger partial charge in [0.05, 0.1) is 0 Å². The lowest BCUT2D eigenvalue weighted by Crippen LogP contribution is -2.52. The molecule has 0 aromatic rings. The van der Waals surface area contributed by atoms with E-state index in [0.717, 1.165) is 0 Å². The number of rotatable bonds is 6. The number of hydrogen-bond acceptors (Lipinski definition) is 4. The van der Waals surface area contributed by atoms with Gasteiger partial charge in [-0.3, -0.25) is 4.79 Å². The number of urea groups is 1. The van der Waals surface area contributed by atoms with Gasteiger partial charge in [0.25, 0.3) is 0 Å². The third-order valence-electron chi connectivity index (χ3n) is 2.18. The maximum absolute atomic E-state index is 11.5. The molecule has 0 spiro atoms. The molecule has 0 fully saturated rings. The predicted molar refractivity (Wildman–Crippen MR) is 63.0 cm³/mol. The van der Waals surface area contributed by atoms with Gasteiger partial charge in [-0.25, -0.2) is 9.59 Å². The molecular formula is C10H19N3O5. The highest BCUT2D eigenvalue weighted by Gasteiger charge is 2.22. The lowest BCUT2D eigenvalue weighted by molar-refractivity contribution is -0.139. The number of carboxylic acids is 1. The highest BCUT2D eigenvalue weighted by Crippen LogP contribution is 1.93. The first-order valence-corrected chi connectivity index (χ1v) is 5.41. The maximum atomic E-state index is 11.5. The Bertz CT molecular complexity index is 319. The van der Waals surface area contributed by atoms with Crippen molar-refractivity contribution in [2.24, 2.45) is 0 Å². The van der Waals surface area contributed by atoms with E-state index in [4.69, 9.17) is 10.2 Å². The molecule has 0 aliphatic heterocycles. The van der Waals surface area contributed by atoms with Crippen molar-refractivity contribution < 1.29 is 24.6 Å². The third kappa shape index (κ3) is 5.48. The normalized spacial score (nSPS) is 13.3. The minimum Gasteiger partial charge on any atom is -0.480 e. The van der Waals surface area contributed by atoms with E-state index in [1.165, 1.54) is 11.8 Å². The fourth-order valence-corrected chi connectivity index (χ4v) is 1.23. The number of aliphatic hydroxyl groups excluding tert-OH is 1. The van der Waals surface area contributed by atoms with Gasteiger partial charge in [-0.15, -0.1) is 0 Å². The van der Waals surface area contributed by atoms with Crippen LogP contribution in [0.15, 0.2) is 0 Å². The van der Waals surface area contributed by atoms with Crippen LogP contribution in [0.4, 0.5) is 4.79 Å². The van der Waals surface area contributed by atoms with Crippen LogP contribution >= 0.6 is 0 Å². The van der Waals surface area contributed by atoms with E-state index in [2.05, 4.69) is 10.6 Å². The number of carbonyl (C=O) groups excluding carboxylic acids is 2. The molecule has 18 heavy (non-hydrogen) atoms. The molecule has 8 heteroatoms. The molecule has 0 aliphatic carbocycles. The Kier molecular flexibility index (Phi) is 6.73. The Morgan fingerprint density at radius 2 is 1.78 bits per heavy atom. The maximum Gasteiger partial charge on any atom is 0.326 e. The van der Waals surface area contributed by atoms with Gasteiger partial charge in [0, 0.05) is 27.1 Å². The summed E-state index contributed by atoms with van der Waals surface area (Å²) >= 11 is 0. The molecule has 104 valence electrons. The van der Waals surface area contributed by atoms with Gasteiger partial charge < -0.3 is 25.7 Å². The molecule has 4 N–H and O–H groups in total. The summed E-state index contributed by atoms with van der Waals surface area (Å²) in [6, 6.07) is -2.71. The van der Waals surface area contributed by atoms with Gasteiger partial charge in [0.15, 0.2) is 0 Å².